The lowest BCUT2D eigenvalue weighted by molar-refractivity contribution is -0.262. The fraction of sp³-hybridized carbons (Fsp3) is 0.760. The van der Waals surface area contributed by atoms with E-state index in [-0.39, 0.29) is 35.1 Å². The quantitative estimate of drug-likeness (QED) is 0.629. The summed E-state index contributed by atoms with van der Waals surface area (Å²) in [6, 6.07) is 0. The van der Waals surface area contributed by atoms with Gasteiger partial charge in [-0.25, -0.2) is 0 Å². The lowest BCUT2D eigenvalue weighted by Crippen LogP contribution is -2.62. The van der Waals surface area contributed by atoms with Crippen molar-refractivity contribution >= 4 is 11.6 Å². The molecular weight excluding hydrogens is 394 g/mol. The molecule has 0 amide bonds. The number of fused-ring (bicyclic) bond motifs is 5. The van der Waals surface area contributed by atoms with Crippen LogP contribution in [0.2, 0.25) is 0 Å². The molecule has 0 radical (unpaired) electrons. The molecule has 6 nitrogen and oxygen atoms in total. The molecule has 0 unspecified atom stereocenters. The Labute approximate surface area is 185 Å². The van der Waals surface area contributed by atoms with Crippen LogP contribution < -0.4 is 0 Å². The minimum atomic E-state index is -1.52. The van der Waals surface area contributed by atoms with Gasteiger partial charge in [-0.3, -0.25) is 14.4 Å². The summed E-state index contributed by atoms with van der Waals surface area (Å²) in [4.78, 5) is 31.4. The summed E-state index contributed by atoms with van der Waals surface area (Å²) in [7, 11) is 0. The van der Waals surface area contributed by atoms with Crippen LogP contribution in [0, 0.1) is 28.6 Å². The van der Waals surface area contributed by atoms with Crippen LogP contribution in [0.15, 0.2) is 23.8 Å². The van der Waals surface area contributed by atoms with E-state index in [4.69, 9.17) is 4.84 Å². The Kier molecular flexibility index (Phi) is 5.83. The molecule has 31 heavy (non-hydrogen) atoms. The van der Waals surface area contributed by atoms with Crippen molar-refractivity contribution < 1.29 is 24.6 Å². The molecule has 4 aliphatic rings. The predicted molar refractivity (Wildman–Crippen MR) is 117 cm³/mol. The van der Waals surface area contributed by atoms with E-state index < -0.39 is 23.4 Å². The van der Waals surface area contributed by atoms with Crippen molar-refractivity contribution in [1.82, 2.24) is 5.06 Å². The van der Waals surface area contributed by atoms with Gasteiger partial charge in [0.1, 0.15) is 12.2 Å². The Hall–Kier alpha value is -1.34. The molecule has 0 heterocycles. The maximum absolute atomic E-state index is 12.7. The second kappa shape index (κ2) is 7.91. The van der Waals surface area contributed by atoms with Crippen LogP contribution in [0.1, 0.15) is 59.8 Å². The molecule has 7 atom stereocenters. The normalized spacial score (nSPS) is 44.0. The second-order valence-electron chi connectivity index (χ2n) is 10.4. The number of allylic oxidation sites excluding steroid dienone is 4. The van der Waals surface area contributed by atoms with Gasteiger partial charge in [0.25, 0.3) is 0 Å². The molecule has 2 N–H and O–H groups in total. The lowest BCUT2D eigenvalue weighted by atomic mass is 9.46. The van der Waals surface area contributed by atoms with E-state index in [0.717, 1.165) is 32.4 Å². The number of hydrogen-bond donors (Lipinski definition) is 2. The third-order valence-corrected chi connectivity index (χ3v) is 9.22. The van der Waals surface area contributed by atoms with Crippen molar-refractivity contribution in [2.75, 3.05) is 19.7 Å². The number of aliphatic hydroxyl groups is 2. The van der Waals surface area contributed by atoms with Gasteiger partial charge in [0.15, 0.2) is 11.6 Å². The Bertz CT molecular complexity index is 817. The Morgan fingerprint density at radius 3 is 2.61 bits per heavy atom. The molecule has 0 aromatic heterocycles. The Morgan fingerprint density at radius 2 is 1.97 bits per heavy atom. The first-order valence-electron chi connectivity index (χ1n) is 11.9. The molecule has 0 aromatic rings. The Balaban J connectivity index is 1.79. The SMILES string of the molecule is CCN(CC)O[C@H]1C[C@@]2(C)[C@@H](CC[C@]2(O)C(=O)CO)[C@@H]2CCC3=CC(=O)C=C[C@]3(C)[C@H]21. The molecule has 0 aromatic carbocycles. The van der Waals surface area contributed by atoms with E-state index in [1.165, 1.54) is 5.57 Å². The Morgan fingerprint density at radius 1 is 1.26 bits per heavy atom. The fourth-order valence-corrected chi connectivity index (χ4v) is 7.55. The van der Waals surface area contributed by atoms with Gasteiger partial charge in [-0.15, -0.1) is 0 Å². The first-order valence-corrected chi connectivity index (χ1v) is 11.9. The summed E-state index contributed by atoms with van der Waals surface area (Å²) < 4.78 is 0. The summed E-state index contributed by atoms with van der Waals surface area (Å²) in [5.74, 6) is 0.209. The maximum atomic E-state index is 12.7. The number of carbonyl (C=O) groups is 2. The van der Waals surface area contributed by atoms with Crippen molar-refractivity contribution in [3.05, 3.63) is 23.8 Å². The van der Waals surface area contributed by atoms with Gasteiger partial charge < -0.3 is 10.2 Å². The van der Waals surface area contributed by atoms with Crippen molar-refractivity contribution in [2.24, 2.45) is 28.6 Å². The van der Waals surface area contributed by atoms with E-state index in [0.29, 0.717) is 12.8 Å². The monoisotopic (exact) mass is 431 g/mol. The third kappa shape index (κ3) is 3.21. The van der Waals surface area contributed by atoms with Crippen LogP contribution in [-0.2, 0) is 14.4 Å². The van der Waals surface area contributed by atoms with E-state index in [1.807, 2.05) is 12.0 Å². The molecule has 3 fully saturated rings. The van der Waals surface area contributed by atoms with Gasteiger partial charge in [0.2, 0.25) is 0 Å². The van der Waals surface area contributed by atoms with E-state index >= 15 is 0 Å². The fourth-order valence-electron chi connectivity index (χ4n) is 7.55. The molecule has 0 spiro atoms. The van der Waals surface area contributed by atoms with Gasteiger partial charge in [-0.05, 0) is 56.1 Å². The van der Waals surface area contributed by atoms with Gasteiger partial charge in [-0.2, -0.15) is 5.06 Å². The number of Topliss-reactive ketones (excluding diaryl/α,β-unsaturated/α-hetero) is 1. The minimum Gasteiger partial charge on any atom is -0.388 e. The second-order valence-corrected chi connectivity index (χ2v) is 10.4. The van der Waals surface area contributed by atoms with Gasteiger partial charge in [-0.1, -0.05) is 39.3 Å². The molecule has 0 saturated heterocycles. The summed E-state index contributed by atoms with van der Waals surface area (Å²) in [6.07, 6.45) is 8.88. The van der Waals surface area contributed by atoms with Gasteiger partial charge in [0, 0.05) is 29.8 Å². The highest BCUT2D eigenvalue weighted by molar-refractivity contribution is 6.01. The zero-order valence-corrected chi connectivity index (χ0v) is 19.3. The first-order chi connectivity index (χ1) is 14.6. The highest BCUT2D eigenvalue weighted by Gasteiger charge is 2.68. The molecule has 4 rings (SSSR count). The van der Waals surface area contributed by atoms with E-state index in [1.54, 1.807) is 12.2 Å². The van der Waals surface area contributed by atoms with E-state index in [9.17, 15) is 19.8 Å². The highest BCUT2D eigenvalue weighted by Crippen LogP contribution is 2.67. The predicted octanol–water partition coefficient (Wildman–Crippen LogP) is 2.84. The van der Waals surface area contributed by atoms with Crippen LogP contribution in [0.5, 0.6) is 0 Å². The van der Waals surface area contributed by atoms with Gasteiger partial charge in [0.05, 0.1) is 6.10 Å². The molecule has 172 valence electrons. The number of ketones is 2. The molecule has 3 saturated carbocycles. The number of hydroxylamine groups is 2. The van der Waals surface area contributed by atoms with E-state index in [2.05, 4.69) is 26.8 Å². The third-order valence-electron chi connectivity index (χ3n) is 9.22. The molecule has 6 heteroatoms. The van der Waals surface area contributed by atoms with Crippen LogP contribution in [-0.4, -0.2) is 58.2 Å². The van der Waals surface area contributed by atoms with Crippen molar-refractivity contribution in [1.29, 1.82) is 0 Å². The molecular formula is C25H37NO5. The van der Waals surface area contributed by atoms with Crippen molar-refractivity contribution in [3.8, 4) is 0 Å². The zero-order chi connectivity index (χ0) is 22.6. The van der Waals surface area contributed by atoms with Crippen LogP contribution in [0.3, 0.4) is 0 Å². The average Bonchev–Trinajstić information content (AvgIpc) is 3.03. The first kappa shape index (κ1) is 22.8. The largest absolute Gasteiger partial charge is 0.388 e. The maximum Gasteiger partial charge on any atom is 0.190 e. The lowest BCUT2D eigenvalue weighted by Gasteiger charge is -2.60. The zero-order valence-electron chi connectivity index (χ0n) is 19.3. The summed E-state index contributed by atoms with van der Waals surface area (Å²) in [5, 5.41) is 23.1. The number of rotatable bonds is 6. The standard InChI is InChI=1S/C25H37NO5/c1-5-26(6-2)31-20-14-24(4)19(10-12-25(24,30)21(29)15-27)18-8-7-16-13-17(28)9-11-23(16,3)22(18)20/h9,11,13,18-20,22,27,30H,5-8,10,12,14-15H2,1-4H3/t18-,19-,20-,22+,23-,24-,25-/m0/s1. The number of hydrogen-bond acceptors (Lipinski definition) is 6. The van der Waals surface area contributed by atoms with Crippen molar-refractivity contribution in [3.63, 3.8) is 0 Å². The van der Waals surface area contributed by atoms with Crippen LogP contribution >= 0.6 is 0 Å². The average molecular weight is 432 g/mol. The summed E-state index contributed by atoms with van der Waals surface area (Å²) in [5.41, 5.74) is -1.25. The topological polar surface area (TPSA) is 87.1 Å². The number of carbonyl (C=O) groups excluding carboxylic acids is 2. The van der Waals surface area contributed by atoms with Crippen LogP contribution in [0.4, 0.5) is 0 Å². The number of aliphatic hydroxyl groups excluding tert-OH is 1. The molecule has 0 bridgehead atoms. The molecule has 0 aliphatic heterocycles. The minimum absolute atomic E-state index is 0.0524. The van der Waals surface area contributed by atoms with Crippen molar-refractivity contribution in [2.45, 2.75) is 71.5 Å². The molecule has 4 aliphatic carbocycles. The smallest absolute Gasteiger partial charge is 0.190 e. The summed E-state index contributed by atoms with van der Waals surface area (Å²) >= 11 is 0. The number of nitrogens with zero attached hydrogens (tertiary/aromatic N) is 1. The van der Waals surface area contributed by atoms with Crippen LogP contribution in [0.25, 0.3) is 0 Å². The summed E-state index contributed by atoms with van der Waals surface area (Å²) in [6.45, 7) is 9.23. The van der Waals surface area contributed by atoms with Gasteiger partial charge >= 0.3 is 0 Å². The highest BCUT2D eigenvalue weighted by atomic mass is 16.7.